The molecule has 4 rings (SSSR count). The van der Waals surface area contributed by atoms with Crippen molar-refractivity contribution in [1.82, 2.24) is 9.97 Å². The van der Waals surface area contributed by atoms with Crippen LogP contribution in [0.5, 0.6) is 5.75 Å². The van der Waals surface area contributed by atoms with E-state index in [2.05, 4.69) is 20.0 Å². The largest absolute Gasteiger partial charge is 0.490 e. The summed E-state index contributed by atoms with van der Waals surface area (Å²) in [5.74, 6) is 0.280. The molecule has 8 nitrogen and oxygen atoms in total. The molecule has 0 radical (unpaired) electrons. The summed E-state index contributed by atoms with van der Waals surface area (Å²) in [7, 11) is 0. The maximum Gasteiger partial charge on any atom is 0.431 e. The molecule has 1 aromatic heterocycles. The summed E-state index contributed by atoms with van der Waals surface area (Å²) in [6.45, 7) is 2.89. The van der Waals surface area contributed by atoms with E-state index in [1.165, 1.54) is 11.9 Å². The molecule has 1 fully saturated rings. The Kier molecular flexibility index (Phi) is 7.11. The van der Waals surface area contributed by atoms with Gasteiger partial charge in [0.2, 0.25) is 5.95 Å². The molecule has 2 aliphatic rings. The van der Waals surface area contributed by atoms with Crippen LogP contribution < -0.4 is 14.6 Å². The number of piperidine rings is 1. The maximum absolute atomic E-state index is 13.4. The summed E-state index contributed by atoms with van der Waals surface area (Å²) in [5, 5.41) is 5.53. The Morgan fingerprint density at radius 1 is 1.15 bits per heavy atom. The van der Waals surface area contributed by atoms with E-state index in [-0.39, 0.29) is 19.2 Å². The zero-order valence-corrected chi connectivity index (χ0v) is 19.0. The lowest BCUT2D eigenvalue weighted by Gasteiger charge is -2.32. The van der Waals surface area contributed by atoms with Crippen LogP contribution in [0.15, 0.2) is 41.8 Å². The first-order valence-corrected chi connectivity index (χ1v) is 11.1. The number of ether oxygens (including phenoxy) is 2. The minimum atomic E-state index is -4.57. The first-order valence-electron chi connectivity index (χ1n) is 10.8. The maximum atomic E-state index is 13.4. The van der Waals surface area contributed by atoms with Crippen molar-refractivity contribution in [3.63, 3.8) is 0 Å². The molecule has 34 heavy (non-hydrogen) atoms. The highest BCUT2D eigenvalue weighted by atomic mass is 35.5. The Bertz CT molecular complexity index is 1010. The average molecular weight is 498 g/mol. The molecule has 2 atom stereocenters. The molecular weight excluding hydrogens is 475 g/mol. The predicted octanol–water partition coefficient (Wildman–Crippen LogP) is 4.09. The second kappa shape index (κ2) is 10.0. The second-order valence-corrected chi connectivity index (χ2v) is 8.55. The van der Waals surface area contributed by atoms with Crippen molar-refractivity contribution in [2.45, 2.75) is 38.1 Å². The number of carbonyl (C=O) groups is 1. The van der Waals surface area contributed by atoms with E-state index < -0.39 is 23.8 Å². The van der Waals surface area contributed by atoms with Gasteiger partial charge in [0.15, 0.2) is 0 Å². The highest BCUT2D eigenvalue weighted by Gasteiger charge is 2.48. The molecule has 1 aromatic carbocycles. The molecule has 3 heterocycles. The van der Waals surface area contributed by atoms with E-state index in [1.54, 1.807) is 36.7 Å². The number of rotatable bonds is 7. The van der Waals surface area contributed by atoms with Gasteiger partial charge >= 0.3 is 6.18 Å². The fraction of sp³-hybridized carbons (Fsp3) is 0.455. The summed E-state index contributed by atoms with van der Waals surface area (Å²) in [4.78, 5) is 21.1. The topological polar surface area (TPSA) is 80.2 Å². The highest BCUT2D eigenvalue weighted by Crippen LogP contribution is 2.36. The van der Waals surface area contributed by atoms with Crippen molar-refractivity contribution >= 4 is 35.4 Å². The zero-order valence-electron chi connectivity index (χ0n) is 18.3. The summed E-state index contributed by atoms with van der Waals surface area (Å²) in [6.07, 6.45) is 0.0788. The van der Waals surface area contributed by atoms with E-state index in [9.17, 15) is 18.0 Å². The van der Waals surface area contributed by atoms with Crippen LogP contribution in [0.2, 0.25) is 5.02 Å². The highest BCUT2D eigenvalue weighted by molar-refractivity contribution is 6.30. The molecule has 1 saturated heterocycles. The number of hydrazone groups is 1. The lowest BCUT2D eigenvalue weighted by atomic mass is 9.97. The first-order chi connectivity index (χ1) is 16.3. The smallest absolute Gasteiger partial charge is 0.431 e. The Balaban J connectivity index is 1.39. The average Bonchev–Trinajstić information content (AvgIpc) is 3.16. The normalized spacial score (nSPS) is 21.4. The molecule has 0 spiro atoms. The van der Waals surface area contributed by atoms with Crippen LogP contribution in [0.25, 0.3) is 0 Å². The van der Waals surface area contributed by atoms with Crippen molar-refractivity contribution in [3.05, 3.63) is 41.7 Å². The van der Waals surface area contributed by atoms with E-state index in [4.69, 9.17) is 21.1 Å². The number of benzene rings is 1. The van der Waals surface area contributed by atoms with Crippen LogP contribution in [0.1, 0.15) is 19.8 Å². The minimum Gasteiger partial charge on any atom is -0.490 e. The third-order valence-electron chi connectivity index (χ3n) is 5.90. The lowest BCUT2D eigenvalue weighted by Crippen LogP contribution is -2.39. The van der Waals surface area contributed by atoms with Gasteiger partial charge in [-0.05, 0) is 24.3 Å². The van der Waals surface area contributed by atoms with Crippen molar-refractivity contribution in [3.8, 4) is 5.75 Å². The predicted molar refractivity (Wildman–Crippen MR) is 120 cm³/mol. The molecule has 0 amide bonds. The molecule has 0 aliphatic carbocycles. The molecule has 2 aliphatic heterocycles. The van der Waals surface area contributed by atoms with Gasteiger partial charge in [-0.1, -0.05) is 18.5 Å². The van der Waals surface area contributed by atoms with Gasteiger partial charge in [0.05, 0.1) is 29.1 Å². The van der Waals surface area contributed by atoms with E-state index in [0.29, 0.717) is 22.4 Å². The van der Waals surface area contributed by atoms with Crippen LogP contribution >= 0.6 is 11.6 Å². The molecular formula is C22H23ClF3N5O3. The minimum absolute atomic E-state index is 0.00944. The summed E-state index contributed by atoms with van der Waals surface area (Å²) >= 11 is 5.84. The zero-order chi connectivity index (χ0) is 24.3. The number of nitrogens with zero attached hydrogens (tertiary/aromatic N) is 5. The quantitative estimate of drug-likeness (QED) is 0.533. The number of aromatic nitrogens is 2. The standard InChI is InChI=1S/C22H23ClF3N5O3/c1-14-19(12-33-13-32)31(29-20(14)22(24,25)26)16-2-4-17(5-3-16)34-18-6-8-30(9-7-18)21-27-10-15(23)11-28-21/h2-5,10-11,13-14,18-19H,6-9,12H2,1H3/t14-,19-/m0/s1. The Labute approximate surface area is 199 Å². The van der Waals surface area contributed by atoms with Gasteiger partial charge in [-0.2, -0.15) is 18.3 Å². The van der Waals surface area contributed by atoms with E-state index in [1.807, 2.05) is 0 Å². The number of hydrogen-bond donors (Lipinski definition) is 0. The number of carbonyl (C=O) groups excluding carboxylic acids is 1. The van der Waals surface area contributed by atoms with Gasteiger partial charge in [0, 0.05) is 31.8 Å². The number of anilines is 2. The SMILES string of the molecule is C[C@@H]1C(C(F)(F)F)=NN(c2ccc(OC3CCN(c4ncc(Cl)cn4)CC3)cc2)[C@H]1COC=O. The van der Waals surface area contributed by atoms with Crippen molar-refractivity contribution in [2.24, 2.45) is 11.0 Å². The third-order valence-corrected chi connectivity index (χ3v) is 6.09. The second-order valence-electron chi connectivity index (χ2n) is 8.11. The van der Waals surface area contributed by atoms with Crippen molar-refractivity contribution < 1.29 is 27.4 Å². The molecule has 2 aromatic rings. The Hall–Kier alpha value is -3.08. The molecule has 0 saturated carbocycles. The van der Waals surface area contributed by atoms with E-state index >= 15 is 0 Å². The van der Waals surface area contributed by atoms with E-state index in [0.717, 1.165) is 25.9 Å². The number of alkyl halides is 3. The van der Waals surface area contributed by atoms with Crippen LogP contribution in [-0.2, 0) is 9.53 Å². The number of hydrogen-bond acceptors (Lipinski definition) is 8. The van der Waals surface area contributed by atoms with Crippen molar-refractivity contribution in [1.29, 1.82) is 0 Å². The Morgan fingerprint density at radius 3 is 2.38 bits per heavy atom. The van der Waals surface area contributed by atoms with Gasteiger partial charge in [0.25, 0.3) is 6.47 Å². The Morgan fingerprint density at radius 2 is 1.79 bits per heavy atom. The molecule has 0 unspecified atom stereocenters. The fourth-order valence-electron chi connectivity index (χ4n) is 4.10. The first kappa shape index (κ1) is 24.1. The van der Waals surface area contributed by atoms with Crippen LogP contribution in [0.4, 0.5) is 24.8 Å². The van der Waals surface area contributed by atoms with Gasteiger partial charge in [0.1, 0.15) is 24.2 Å². The van der Waals surface area contributed by atoms with Crippen molar-refractivity contribution in [2.75, 3.05) is 29.6 Å². The van der Waals surface area contributed by atoms with Gasteiger partial charge in [-0.15, -0.1) is 0 Å². The van der Waals surface area contributed by atoms with Crippen LogP contribution in [0, 0.1) is 5.92 Å². The molecule has 0 N–H and O–H groups in total. The monoisotopic (exact) mass is 497 g/mol. The van der Waals surface area contributed by atoms with Gasteiger partial charge in [-0.3, -0.25) is 9.80 Å². The summed E-state index contributed by atoms with van der Waals surface area (Å²) < 4.78 is 50.9. The lowest BCUT2D eigenvalue weighted by molar-refractivity contribution is -0.129. The fourth-order valence-corrected chi connectivity index (χ4v) is 4.20. The number of halogens is 4. The third kappa shape index (κ3) is 5.35. The van der Waals surface area contributed by atoms with Gasteiger partial charge < -0.3 is 14.4 Å². The van der Waals surface area contributed by atoms with Gasteiger partial charge in [-0.25, -0.2) is 9.97 Å². The summed E-state index contributed by atoms with van der Waals surface area (Å²) in [6, 6.07) is 5.94. The van der Waals surface area contributed by atoms with Crippen LogP contribution in [0.3, 0.4) is 0 Å². The van der Waals surface area contributed by atoms with Crippen LogP contribution in [-0.4, -0.2) is 60.2 Å². The molecule has 12 heteroatoms. The molecule has 182 valence electrons. The summed E-state index contributed by atoms with van der Waals surface area (Å²) in [5.41, 5.74) is -0.448. The molecule has 0 bridgehead atoms.